The molecule has 0 bridgehead atoms. The summed E-state index contributed by atoms with van der Waals surface area (Å²) in [7, 11) is 1.86. The van der Waals surface area contributed by atoms with E-state index in [-0.39, 0.29) is 114 Å². The molecular formula is C93H112N20O9. The van der Waals surface area contributed by atoms with Crippen LogP contribution < -0.4 is 74.6 Å². The number of amidine groups is 6. The lowest BCUT2D eigenvalue weighted by Gasteiger charge is -2.27. The minimum Gasteiger partial charge on any atom is -0.489 e. The number of nitrogens with two attached hydrogens (primary N) is 6. The number of aryl methyl sites for hydroxylation is 1. The molecule has 638 valence electrons. The Bertz CT molecular complexity index is 5120. The molecule has 9 aromatic rings. The molecule has 4 saturated heterocycles. The van der Waals surface area contributed by atoms with Gasteiger partial charge in [0.1, 0.15) is 88.5 Å². The van der Waals surface area contributed by atoms with Crippen LogP contribution in [0.15, 0.2) is 231 Å². The highest BCUT2D eigenvalue weighted by atomic mass is 16.5. The van der Waals surface area contributed by atoms with E-state index in [9.17, 15) is 24.0 Å². The van der Waals surface area contributed by atoms with Crippen LogP contribution in [0.2, 0.25) is 0 Å². The van der Waals surface area contributed by atoms with E-state index >= 15 is 0 Å². The highest BCUT2D eigenvalue weighted by molar-refractivity contribution is 6.01. The van der Waals surface area contributed by atoms with Crippen molar-refractivity contribution in [2.75, 3.05) is 50.4 Å². The Morgan fingerprint density at radius 3 is 1.31 bits per heavy atom. The van der Waals surface area contributed by atoms with Crippen LogP contribution in [0, 0.1) is 39.4 Å². The standard InChI is InChI=1S/C27H30N4O2.C25H34N6O2.C21H24N6O3.C20H24N4O2/c1-30(17-20-9-4-2-5-10-20)27(32)25-16-24(19-31(25)18-21-11-6-3-7-12-21)33-23-14-8-13-22(15-23)26(28)29;1-2-3-4-5-13-31-16-21(33-20-8-6-7-18(14-20)24(28)29)15-22(31)25(32)30-19-11-9-17(10-12-19)23(26)27;1-12(28)27-11-17(30-16-4-2-3-14(9-16)20(24)25)10-18(27)21(29)26-15-7-5-13(6-8-15)19(22)23;1-13-4-2-5-14(8-13)11-24-20(25)18-10-17(12-23-18)26-16-7-3-6-15(9-16)19(21)22/h2-15,24-25H,16-19H2,1H3,(H3,28,29);6-12,14,21-22H,2-5,13,15-16H2,1H3,(H3,26,27)(H3,28,29)(H,30,32);2-9,17-18H,10-11H2,1H3,(H3,22,23)(H3,24,25)(H,26,29);2-9,17-18,23H,10-12H2,1H3,(H3,21,22)(H,24,25)/t24-,25+;21-,22+;2*17-,18+/m1111/s1. The number of ether oxygens (including phenoxy) is 4. The second-order valence-electron chi connectivity index (χ2n) is 30.7. The van der Waals surface area contributed by atoms with Gasteiger partial charge in [-0.1, -0.05) is 165 Å². The zero-order valence-corrected chi connectivity index (χ0v) is 69.3. The third-order valence-electron chi connectivity index (χ3n) is 21.1. The number of unbranched alkanes of at least 4 members (excludes halogenated alkanes) is 3. The molecule has 9 aromatic carbocycles. The molecular weight excluding hydrogens is 1540 g/mol. The predicted molar refractivity (Wildman–Crippen MR) is 477 cm³/mol. The molecule has 0 radical (unpaired) electrons. The molecule has 13 rings (SSSR count). The lowest BCUT2D eigenvalue weighted by Crippen LogP contribution is -2.43. The Hall–Kier alpha value is -13.8. The number of rotatable bonds is 31. The second kappa shape index (κ2) is 44.3. The molecule has 0 aliphatic carbocycles. The molecule has 4 heterocycles. The van der Waals surface area contributed by atoms with Gasteiger partial charge in [-0.3, -0.25) is 66.2 Å². The maximum absolute atomic E-state index is 13.5. The topological polar surface area (TPSA) is 483 Å². The Kier molecular flexibility index (Phi) is 32.9. The smallest absolute Gasteiger partial charge is 0.247 e. The first-order valence-corrected chi connectivity index (χ1v) is 40.7. The summed E-state index contributed by atoms with van der Waals surface area (Å²) in [5, 5.41) is 57.2. The summed E-state index contributed by atoms with van der Waals surface area (Å²) in [6.07, 6.45) is 5.93. The monoisotopic (exact) mass is 1650 g/mol. The molecule has 22 N–H and O–H groups in total. The molecule has 0 spiro atoms. The Morgan fingerprint density at radius 2 is 0.852 bits per heavy atom. The van der Waals surface area contributed by atoms with Crippen molar-refractivity contribution in [3.05, 3.63) is 286 Å². The average molecular weight is 1650 g/mol. The van der Waals surface area contributed by atoms with Gasteiger partial charge in [-0.05, 0) is 134 Å². The van der Waals surface area contributed by atoms with Crippen LogP contribution in [0.4, 0.5) is 11.4 Å². The quantitative estimate of drug-likeness (QED) is 0.0109. The van der Waals surface area contributed by atoms with Gasteiger partial charge in [0.15, 0.2) is 0 Å². The first-order chi connectivity index (χ1) is 58.6. The summed E-state index contributed by atoms with van der Waals surface area (Å²) in [4.78, 5) is 71.6. The van der Waals surface area contributed by atoms with Crippen molar-refractivity contribution in [2.24, 2.45) is 34.4 Å². The molecule has 4 fully saturated rings. The number of hydrogen-bond donors (Lipinski definition) is 16. The SMILES string of the molecule is CC(=O)N1C[C@H](Oc2cccc(C(=N)N)c2)C[C@H]1C(=O)Nc1ccc(C(=N)N)cc1.CCCCCCN1C[C@H](Oc2cccc(C(=N)N)c2)C[C@H]1C(=O)Nc1ccc(C(=N)N)cc1.CN(Cc1ccccc1)C(=O)[C@@H]1C[C@@H](Oc2cccc(C(=N)N)c2)CN1Cc1ccccc1.Cc1cccc(CNC(=O)[C@@H]2C[C@@H](Oc3cccc(C(=N)N)c3)CN2)c1. The number of hydrogen-bond acceptors (Lipinski definition) is 18. The first kappa shape index (κ1) is 90.6. The van der Waals surface area contributed by atoms with Gasteiger partial charge in [0, 0.05) is 124 Å². The lowest BCUT2D eigenvalue weighted by atomic mass is 10.1. The maximum Gasteiger partial charge on any atom is 0.247 e. The average Bonchev–Trinajstić information content (AvgIpc) is 1.68. The number of nitrogens with one attached hydrogen (secondary N) is 10. The van der Waals surface area contributed by atoms with Gasteiger partial charge in [0.25, 0.3) is 0 Å². The van der Waals surface area contributed by atoms with Crippen molar-refractivity contribution in [2.45, 2.75) is 140 Å². The highest BCUT2D eigenvalue weighted by Gasteiger charge is 2.42. The molecule has 122 heavy (non-hydrogen) atoms. The fourth-order valence-corrected chi connectivity index (χ4v) is 14.8. The van der Waals surface area contributed by atoms with Crippen molar-refractivity contribution in [1.82, 2.24) is 30.2 Å². The molecule has 0 saturated carbocycles. The van der Waals surface area contributed by atoms with E-state index in [1.165, 1.54) is 35.8 Å². The first-order valence-electron chi connectivity index (χ1n) is 40.7. The summed E-state index contributed by atoms with van der Waals surface area (Å²) < 4.78 is 24.3. The molecule has 29 nitrogen and oxygen atoms in total. The van der Waals surface area contributed by atoms with Crippen LogP contribution in [0.1, 0.15) is 121 Å². The van der Waals surface area contributed by atoms with Gasteiger partial charge in [-0.15, -0.1) is 0 Å². The fraction of sp³-hybridized carbons (Fsp3) is 0.301. The summed E-state index contributed by atoms with van der Waals surface area (Å²) in [6, 6.07) is 68.9. The predicted octanol–water partition coefficient (Wildman–Crippen LogP) is 9.91. The fourth-order valence-electron chi connectivity index (χ4n) is 14.8. The number of likely N-dealkylation sites (tertiary alicyclic amines) is 3. The lowest BCUT2D eigenvalue weighted by molar-refractivity contribution is -0.135. The van der Waals surface area contributed by atoms with E-state index in [0.717, 1.165) is 30.5 Å². The minimum atomic E-state index is -0.670. The maximum atomic E-state index is 13.5. The number of benzene rings is 9. The Morgan fingerprint density at radius 1 is 0.434 bits per heavy atom. The van der Waals surface area contributed by atoms with Crippen LogP contribution in [0.5, 0.6) is 23.0 Å². The Labute approximate surface area is 712 Å². The highest BCUT2D eigenvalue weighted by Crippen LogP contribution is 2.31. The van der Waals surface area contributed by atoms with Crippen LogP contribution >= 0.6 is 0 Å². The number of carbonyl (C=O) groups excluding carboxylic acids is 5. The van der Waals surface area contributed by atoms with E-state index in [1.807, 2.05) is 111 Å². The number of anilines is 2. The zero-order chi connectivity index (χ0) is 87.4. The molecule has 5 amide bonds. The van der Waals surface area contributed by atoms with E-state index in [2.05, 4.69) is 56.2 Å². The van der Waals surface area contributed by atoms with Gasteiger partial charge < -0.3 is 84.4 Å². The van der Waals surface area contributed by atoms with Crippen molar-refractivity contribution in [3.8, 4) is 23.0 Å². The van der Waals surface area contributed by atoms with Crippen LogP contribution in [0.25, 0.3) is 0 Å². The number of likely N-dealkylation sites (N-methyl/N-ethyl adjacent to an activating group) is 1. The summed E-state index contributed by atoms with van der Waals surface area (Å²) in [5.74, 6) is 1.87. The van der Waals surface area contributed by atoms with Gasteiger partial charge in [-0.25, -0.2) is 0 Å². The summed E-state index contributed by atoms with van der Waals surface area (Å²) in [6.45, 7) is 10.4. The van der Waals surface area contributed by atoms with Crippen LogP contribution in [-0.2, 0) is 43.6 Å². The summed E-state index contributed by atoms with van der Waals surface area (Å²) in [5.41, 5.74) is 42.5. The number of nitrogen functional groups attached to an aromatic ring is 6. The van der Waals surface area contributed by atoms with E-state index < -0.39 is 6.04 Å². The molecule has 29 heteroatoms. The largest absolute Gasteiger partial charge is 0.489 e. The van der Waals surface area contributed by atoms with E-state index in [0.29, 0.717) is 133 Å². The molecule has 0 aromatic heterocycles. The normalized spacial score (nSPS) is 18.3. The van der Waals surface area contributed by atoms with Crippen molar-refractivity contribution >= 4 is 75.9 Å². The van der Waals surface area contributed by atoms with E-state index in [4.69, 9.17) is 85.8 Å². The molecule has 0 unspecified atom stereocenters. The van der Waals surface area contributed by atoms with Gasteiger partial charge in [0.05, 0.1) is 24.7 Å². The van der Waals surface area contributed by atoms with Crippen molar-refractivity contribution in [1.29, 1.82) is 32.5 Å². The number of carbonyl (C=O) groups is 5. The third-order valence-corrected chi connectivity index (χ3v) is 21.1. The van der Waals surface area contributed by atoms with Gasteiger partial charge in [-0.2, -0.15) is 0 Å². The third kappa shape index (κ3) is 27.1. The molecule has 4 aliphatic heterocycles. The van der Waals surface area contributed by atoms with Crippen molar-refractivity contribution in [3.63, 3.8) is 0 Å². The van der Waals surface area contributed by atoms with Crippen LogP contribution in [-0.4, -0.2) is 173 Å². The molecule has 8 atom stereocenters. The van der Waals surface area contributed by atoms with Crippen LogP contribution in [0.3, 0.4) is 0 Å². The number of nitrogens with zero attached hydrogens (tertiary/aromatic N) is 4. The minimum absolute atomic E-state index is 0.00234. The Balaban J connectivity index is 0.000000171. The summed E-state index contributed by atoms with van der Waals surface area (Å²) >= 11 is 0. The van der Waals surface area contributed by atoms with Gasteiger partial charge >= 0.3 is 0 Å². The molecule has 4 aliphatic rings. The zero-order valence-electron chi connectivity index (χ0n) is 69.3. The van der Waals surface area contributed by atoms with Crippen molar-refractivity contribution < 1.29 is 42.9 Å². The van der Waals surface area contributed by atoms with E-state index in [1.54, 1.807) is 120 Å². The number of amides is 5. The van der Waals surface area contributed by atoms with Gasteiger partial charge in [0.2, 0.25) is 29.5 Å². The second-order valence-corrected chi connectivity index (χ2v) is 30.7.